The van der Waals surface area contributed by atoms with E-state index in [2.05, 4.69) is 67.8 Å². The summed E-state index contributed by atoms with van der Waals surface area (Å²) in [5.74, 6) is -0.246. The van der Waals surface area contributed by atoms with Crippen LogP contribution in [-0.4, -0.2) is 140 Å². The van der Waals surface area contributed by atoms with Gasteiger partial charge < -0.3 is 65.1 Å². The van der Waals surface area contributed by atoms with E-state index in [0.717, 1.165) is 51.4 Å². The molecule has 0 aromatic carbocycles. The fraction of sp³-hybridized carbons (Fsp3) is 0.874. The van der Waals surface area contributed by atoms with Gasteiger partial charge in [0.2, 0.25) is 5.91 Å². The summed E-state index contributed by atoms with van der Waals surface area (Å²) in [6.07, 6.45) is 80.5. The van der Waals surface area contributed by atoms with Gasteiger partial charge in [-0.1, -0.05) is 370 Å². The molecule has 592 valence electrons. The third kappa shape index (κ3) is 53.2. The lowest BCUT2D eigenvalue weighted by atomic mass is 9.97. The maximum atomic E-state index is 13.4. The minimum Gasteiger partial charge on any atom is -0.394 e. The smallest absolute Gasteiger partial charge is 0.220 e. The zero-order chi connectivity index (χ0) is 73.0. The Bertz CT molecular complexity index is 1930. The van der Waals surface area contributed by atoms with Crippen molar-refractivity contribution in [2.75, 3.05) is 19.8 Å². The van der Waals surface area contributed by atoms with Gasteiger partial charge in [0.05, 0.1) is 32.0 Å². The Kier molecular flexibility index (Phi) is 66.3. The Morgan fingerprint density at radius 2 is 0.663 bits per heavy atom. The molecule has 0 aromatic heterocycles. The van der Waals surface area contributed by atoms with E-state index in [9.17, 15) is 45.6 Å². The van der Waals surface area contributed by atoms with Crippen LogP contribution in [0.1, 0.15) is 393 Å². The molecule has 0 radical (unpaired) electrons. The third-order valence-electron chi connectivity index (χ3n) is 20.9. The zero-order valence-corrected chi connectivity index (χ0v) is 65.2. The van der Waals surface area contributed by atoms with Crippen molar-refractivity contribution in [3.05, 3.63) is 60.8 Å². The van der Waals surface area contributed by atoms with Crippen molar-refractivity contribution in [2.45, 2.75) is 466 Å². The molecule has 0 bridgehead atoms. The number of hydrogen-bond acceptors (Lipinski definition) is 13. The first-order valence-corrected chi connectivity index (χ1v) is 43.0. The van der Waals surface area contributed by atoms with E-state index in [1.54, 1.807) is 6.08 Å². The Hall–Kier alpha value is -2.31. The summed E-state index contributed by atoms with van der Waals surface area (Å²) < 4.78 is 22.9. The van der Waals surface area contributed by atoms with Gasteiger partial charge in [-0.05, 0) is 77.0 Å². The van der Waals surface area contributed by atoms with Crippen molar-refractivity contribution in [3.8, 4) is 0 Å². The summed E-state index contributed by atoms with van der Waals surface area (Å²) in [5.41, 5.74) is 0. The first-order chi connectivity index (χ1) is 49.6. The van der Waals surface area contributed by atoms with Crippen LogP contribution in [0.15, 0.2) is 60.8 Å². The summed E-state index contributed by atoms with van der Waals surface area (Å²) in [6, 6.07) is -0.941. The van der Waals surface area contributed by atoms with Gasteiger partial charge in [-0.3, -0.25) is 4.79 Å². The molecule has 0 aliphatic carbocycles. The van der Waals surface area contributed by atoms with E-state index in [1.807, 2.05) is 6.08 Å². The molecule has 2 heterocycles. The molecular formula is C87H161NO13. The predicted molar refractivity (Wildman–Crippen MR) is 420 cm³/mol. The Balaban J connectivity index is 1.60. The number of carbonyl (C=O) groups is 1. The fourth-order valence-corrected chi connectivity index (χ4v) is 14.1. The van der Waals surface area contributed by atoms with Crippen LogP contribution in [-0.2, 0) is 23.7 Å². The molecular weight excluding hydrogens is 1270 g/mol. The second-order valence-electron chi connectivity index (χ2n) is 30.3. The number of ether oxygens (including phenoxy) is 4. The SMILES string of the molecule is CCCCCCC/C=C\C/C=C\CCCCCCCCCCCCCCCCCCCCCCCCCC(=O)NC(COC1OC(CO)C(OC2OC(CO)C(O)C(O)C2O)C(O)C1O)C(O)/C=C/CC/C=C/CC/C=C/CCCCCCCCCCCCCCCCCCCCCCCC. The molecule has 2 saturated heterocycles. The largest absolute Gasteiger partial charge is 0.394 e. The molecule has 14 heteroatoms. The van der Waals surface area contributed by atoms with E-state index in [-0.39, 0.29) is 18.9 Å². The number of carbonyl (C=O) groups excluding carboxylic acids is 1. The first kappa shape index (κ1) is 94.8. The molecule has 12 atom stereocenters. The standard InChI is InChI=1S/C87H161NO13/c1-3-5-7-9-11-13-15-17-19-21-23-25-27-29-31-33-35-37-38-39-41-43-45-47-49-51-53-55-57-59-61-63-65-67-69-71-79(92)88-75(74-98-86-84(97)82(95)85(78(73-90)100-86)101-87-83(96)81(94)80(93)77(72-89)99-87)76(91)70-68-66-64-62-60-58-56-54-52-50-48-46-44-42-40-36-34-32-30-28-26-24-22-20-18-16-14-12-10-8-6-4-2/h15,17,21,23,52,54,60,62,68,70,75-78,80-87,89-91,93-97H,3-14,16,18-20,22,24-51,53,55-59,61,63-67,69,71-74H2,1-2H3,(H,88,92)/b17-15-,23-21-,54-52+,62-60+,70-68+. The molecule has 0 saturated carbocycles. The van der Waals surface area contributed by atoms with Crippen LogP contribution in [0.3, 0.4) is 0 Å². The fourth-order valence-electron chi connectivity index (χ4n) is 14.1. The molecule has 0 spiro atoms. The van der Waals surface area contributed by atoms with Gasteiger partial charge in [0.1, 0.15) is 48.8 Å². The van der Waals surface area contributed by atoms with Gasteiger partial charge in [0.25, 0.3) is 0 Å². The Labute approximate surface area is 619 Å². The normalized spacial score (nSPS) is 22.0. The molecule has 2 rings (SSSR count). The number of nitrogens with one attached hydrogen (secondary N) is 1. The van der Waals surface area contributed by atoms with E-state index >= 15 is 0 Å². The molecule has 2 fully saturated rings. The highest BCUT2D eigenvalue weighted by atomic mass is 16.7. The van der Waals surface area contributed by atoms with Crippen molar-refractivity contribution in [1.82, 2.24) is 5.32 Å². The van der Waals surface area contributed by atoms with Crippen molar-refractivity contribution < 1.29 is 64.6 Å². The topological polar surface area (TPSA) is 228 Å². The summed E-state index contributed by atoms with van der Waals surface area (Å²) in [7, 11) is 0. The van der Waals surface area contributed by atoms with Gasteiger partial charge in [0.15, 0.2) is 12.6 Å². The highest BCUT2D eigenvalue weighted by Crippen LogP contribution is 2.30. The van der Waals surface area contributed by atoms with Crippen LogP contribution >= 0.6 is 0 Å². The summed E-state index contributed by atoms with van der Waals surface area (Å²) in [6.45, 7) is 2.83. The number of aliphatic hydroxyl groups excluding tert-OH is 8. The second kappa shape index (κ2) is 70.7. The Morgan fingerprint density at radius 3 is 1.03 bits per heavy atom. The monoisotopic (exact) mass is 1430 g/mol. The maximum Gasteiger partial charge on any atom is 0.220 e. The molecule has 9 N–H and O–H groups in total. The van der Waals surface area contributed by atoms with E-state index < -0.39 is 86.8 Å². The lowest BCUT2D eigenvalue weighted by Crippen LogP contribution is -2.65. The van der Waals surface area contributed by atoms with Crippen molar-refractivity contribution in [2.24, 2.45) is 0 Å². The third-order valence-corrected chi connectivity index (χ3v) is 20.9. The van der Waals surface area contributed by atoms with E-state index in [0.29, 0.717) is 12.8 Å². The molecule has 2 aliphatic heterocycles. The maximum absolute atomic E-state index is 13.4. The quantitative estimate of drug-likeness (QED) is 0.0204. The van der Waals surface area contributed by atoms with Gasteiger partial charge in [-0.2, -0.15) is 0 Å². The highest BCUT2D eigenvalue weighted by molar-refractivity contribution is 5.76. The second-order valence-corrected chi connectivity index (χ2v) is 30.3. The zero-order valence-electron chi connectivity index (χ0n) is 65.2. The van der Waals surface area contributed by atoms with Gasteiger partial charge >= 0.3 is 0 Å². The van der Waals surface area contributed by atoms with Crippen LogP contribution in [0.2, 0.25) is 0 Å². The van der Waals surface area contributed by atoms with E-state index in [1.165, 1.54) is 308 Å². The highest BCUT2D eigenvalue weighted by Gasteiger charge is 2.51. The van der Waals surface area contributed by atoms with Gasteiger partial charge in [-0.25, -0.2) is 0 Å². The Morgan fingerprint density at radius 1 is 0.356 bits per heavy atom. The number of rotatable bonds is 73. The van der Waals surface area contributed by atoms with Crippen LogP contribution < -0.4 is 5.32 Å². The van der Waals surface area contributed by atoms with Gasteiger partial charge in [0, 0.05) is 6.42 Å². The van der Waals surface area contributed by atoms with Crippen LogP contribution in [0.25, 0.3) is 0 Å². The molecule has 2 aliphatic rings. The number of allylic oxidation sites excluding steroid dienone is 9. The lowest BCUT2D eigenvalue weighted by molar-refractivity contribution is -0.359. The number of hydrogen-bond donors (Lipinski definition) is 9. The summed E-state index contributed by atoms with van der Waals surface area (Å²) >= 11 is 0. The number of unbranched alkanes of at least 4 members (excludes halogenated alkanes) is 52. The molecule has 101 heavy (non-hydrogen) atoms. The number of amides is 1. The molecule has 12 unspecified atom stereocenters. The van der Waals surface area contributed by atoms with Crippen molar-refractivity contribution in [3.63, 3.8) is 0 Å². The summed E-state index contributed by atoms with van der Waals surface area (Å²) in [5, 5.41) is 87.7. The molecule has 0 aromatic rings. The van der Waals surface area contributed by atoms with E-state index in [4.69, 9.17) is 18.9 Å². The van der Waals surface area contributed by atoms with Crippen molar-refractivity contribution >= 4 is 5.91 Å². The van der Waals surface area contributed by atoms with Crippen molar-refractivity contribution in [1.29, 1.82) is 0 Å². The van der Waals surface area contributed by atoms with Crippen LogP contribution in [0.5, 0.6) is 0 Å². The lowest BCUT2D eigenvalue weighted by Gasteiger charge is -2.46. The molecule has 14 nitrogen and oxygen atoms in total. The minimum absolute atomic E-state index is 0.246. The summed E-state index contributed by atoms with van der Waals surface area (Å²) in [4.78, 5) is 13.4. The minimum atomic E-state index is -1.80. The van der Waals surface area contributed by atoms with Gasteiger partial charge in [-0.15, -0.1) is 0 Å². The van der Waals surface area contributed by atoms with Crippen LogP contribution in [0.4, 0.5) is 0 Å². The molecule has 1 amide bonds. The van der Waals surface area contributed by atoms with Crippen LogP contribution in [0, 0.1) is 0 Å². The number of aliphatic hydroxyl groups is 8. The predicted octanol–water partition coefficient (Wildman–Crippen LogP) is 20.3. The first-order valence-electron chi connectivity index (χ1n) is 43.0. The average molecular weight is 1430 g/mol. The average Bonchev–Trinajstić information content (AvgIpc) is 0.791.